The van der Waals surface area contributed by atoms with Crippen molar-refractivity contribution in [2.24, 2.45) is 5.92 Å². The Balaban J connectivity index is 1.93. The Bertz CT molecular complexity index is 250. The van der Waals surface area contributed by atoms with Gasteiger partial charge in [-0.25, -0.2) is 0 Å². The van der Waals surface area contributed by atoms with Gasteiger partial charge in [0.2, 0.25) is 0 Å². The maximum atomic E-state index is 3.61. The molecule has 1 aliphatic heterocycles. The topological polar surface area (TPSA) is 18.5 Å². The van der Waals surface area contributed by atoms with E-state index in [1.807, 2.05) is 0 Å². The van der Waals surface area contributed by atoms with Crippen LogP contribution >= 0.6 is 0 Å². The SMILES string of the molecule is CCC1CN(C)CCCN1CC(NC)C1CCCC1. The Labute approximate surface area is 119 Å². The van der Waals surface area contributed by atoms with Gasteiger partial charge in [0.05, 0.1) is 0 Å². The van der Waals surface area contributed by atoms with Crippen molar-refractivity contribution in [3.8, 4) is 0 Å². The zero-order valence-electron chi connectivity index (χ0n) is 13.2. The predicted molar refractivity (Wildman–Crippen MR) is 82.6 cm³/mol. The van der Waals surface area contributed by atoms with E-state index in [0.29, 0.717) is 6.04 Å². The molecule has 2 aliphatic rings. The summed E-state index contributed by atoms with van der Waals surface area (Å²) in [5, 5.41) is 3.61. The minimum Gasteiger partial charge on any atom is -0.315 e. The molecule has 19 heavy (non-hydrogen) atoms. The Hall–Kier alpha value is -0.120. The minimum absolute atomic E-state index is 0.708. The third kappa shape index (κ3) is 4.17. The zero-order chi connectivity index (χ0) is 13.7. The van der Waals surface area contributed by atoms with Crippen LogP contribution in [0.4, 0.5) is 0 Å². The zero-order valence-corrected chi connectivity index (χ0v) is 13.2. The molecule has 0 bridgehead atoms. The first-order valence-electron chi connectivity index (χ1n) is 8.34. The highest BCUT2D eigenvalue weighted by Crippen LogP contribution is 2.28. The van der Waals surface area contributed by atoms with Gasteiger partial charge in [-0.3, -0.25) is 4.90 Å². The second-order valence-electron chi connectivity index (χ2n) is 6.61. The van der Waals surface area contributed by atoms with Crippen LogP contribution in [0.3, 0.4) is 0 Å². The molecule has 112 valence electrons. The lowest BCUT2D eigenvalue weighted by molar-refractivity contribution is 0.151. The number of rotatable bonds is 5. The summed E-state index contributed by atoms with van der Waals surface area (Å²) in [7, 11) is 4.44. The van der Waals surface area contributed by atoms with E-state index in [1.54, 1.807) is 0 Å². The van der Waals surface area contributed by atoms with E-state index >= 15 is 0 Å². The van der Waals surface area contributed by atoms with Crippen molar-refractivity contribution in [3.63, 3.8) is 0 Å². The molecule has 0 aromatic rings. The monoisotopic (exact) mass is 267 g/mol. The highest BCUT2D eigenvalue weighted by atomic mass is 15.2. The van der Waals surface area contributed by atoms with Gasteiger partial charge in [0.15, 0.2) is 0 Å². The van der Waals surface area contributed by atoms with Crippen LogP contribution in [0.5, 0.6) is 0 Å². The molecule has 2 atom stereocenters. The quantitative estimate of drug-likeness (QED) is 0.824. The number of hydrogen-bond acceptors (Lipinski definition) is 3. The van der Waals surface area contributed by atoms with Gasteiger partial charge in [-0.2, -0.15) is 0 Å². The van der Waals surface area contributed by atoms with E-state index < -0.39 is 0 Å². The summed E-state index contributed by atoms with van der Waals surface area (Å²) in [5.74, 6) is 0.920. The number of likely N-dealkylation sites (N-methyl/N-ethyl adjacent to an activating group) is 2. The number of nitrogens with zero attached hydrogens (tertiary/aromatic N) is 2. The molecule has 0 spiro atoms. The fourth-order valence-corrected chi connectivity index (χ4v) is 4.01. The molecule has 1 saturated carbocycles. The minimum atomic E-state index is 0.708. The van der Waals surface area contributed by atoms with E-state index in [9.17, 15) is 0 Å². The van der Waals surface area contributed by atoms with Crippen LogP contribution < -0.4 is 5.32 Å². The van der Waals surface area contributed by atoms with Crippen LogP contribution in [0.25, 0.3) is 0 Å². The molecule has 1 heterocycles. The number of hydrogen-bond donors (Lipinski definition) is 1. The van der Waals surface area contributed by atoms with Gasteiger partial charge in [0.25, 0.3) is 0 Å². The average molecular weight is 267 g/mol. The molecule has 0 amide bonds. The van der Waals surface area contributed by atoms with Gasteiger partial charge < -0.3 is 10.2 Å². The van der Waals surface area contributed by atoms with Crippen LogP contribution in [0.2, 0.25) is 0 Å². The highest BCUT2D eigenvalue weighted by Gasteiger charge is 2.29. The molecule has 1 aliphatic carbocycles. The normalized spacial score (nSPS) is 29.5. The van der Waals surface area contributed by atoms with Crippen LogP contribution in [0.1, 0.15) is 45.4 Å². The third-order valence-corrected chi connectivity index (χ3v) is 5.27. The lowest BCUT2D eigenvalue weighted by Gasteiger charge is -2.35. The summed E-state index contributed by atoms with van der Waals surface area (Å²) in [5.41, 5.74) is 0. The Morgan fingerprint density at radius 1 is 1.16 bits per heavy atom. The lowest BCUT2D eigenvalue weighted by atomic mass is 9.97. The van der Waals surface area contributed by atoms with Crippen molar-refractivity contribution in [1.82, 2.24) is 15.1 Å². The summed E-state index contributed by atoms with van der Waals surface area (Å²) < 4.78 is 0. The smallest absolute Gasteiger partial charge is 0.0221 e. The van der Waals surface area contributed by atoms with Gasteiger partial charge >= 0.3 is 0 Å². The predicted octanol–water partition coefficient (Wildman–Crippen LogP) is 2.18. The Morgan fingerprint density at radius 3 is 2.53 bits per heavy atom. The summed E-state index contributed by atoms with van der Waals surface area (Å²) in [6, 6.07) is 1.46. The van der Waals surface area contributed by atoms with Crippen molar-refractivity contribution < 1.29 is 0 Å². The fourth-order valence-electron chi connectivity index (χ4n) is 4.01. The van der Waals surface area contributed by atoms with Gasteiger partial charge in [-0.15, -0.1) is 0 Å². The second kappa shape index (κ2) is 7.61. The molecule has 3 heteroatoms. The summed E-state index contributed by atoms with van der Waals surface area (Å²) >= 11 is 0. The summed E-state index contributed by atoms with van der Waals surface area (Å²) in [4.78, 5) is 5.28. The van der Waals surface area contributed by atoms with Crippen molar-refractivity contribution in [2.75, 3.05) is 40.3 Å². The first kappa shape index (κ1) is 15.3. The highest BCUT2D eigenvalue weighted by molar-refractivity contribution is 4.86. The standard InChI is InChI=1S/C16H33N3/c1-4-15-12-18(3)10-7-11-19(15)13-16(17-2)14-8-5-6-9-14/h14-17H,4-13H2,1-3H3. The van der Waals surface area contributed by atoms with Crippen molar-refractivity contribution >= 4 is 0 Å². The third-order valence-electron chi connectivity index (χ3n) is 5.27. The fraction of sp³-hybridized carbons (Fsp3) is 1.00. The van der Waals surface area contributed by atoms with E-state index in [2.05, 4.69) is 36.1 Å². The molecule has 0 radical (unpaired) electrons. The maximum absolute atomic E-state index is 3.61. The number of nitrogens with one attached hydrogen (secondary N) is 1. The summed E-state index contributed by atoms with van der Waals surface area (Å²) in [6.07, 6.45) is 8.39. The molecule has 2 unspecified atom stereocenters. The maximum Gasteiger partial charge on any atom is 0.0221 e. The molecule has 0 aromatic carbocycles. The molecule has 2 rings (SSSR count). The van der Waals surface area contributed by atoms with Gasteiger partial charge in [-0.05, 0) is 58.8 Å². The molecule has 1 saturated heterocycles. The lowest BCUT2D eigenvalue weighted by Crippen LogP contribution is -2.48. The van der Waals surface area contributed by atoms with E-state index in [-0.39, 0.29) is 0 Å². The largest absolute Gasteiger partial charge is 0.315 e. The molecular weight excluding hydrogens is 234 g/mol. The first-order valence-corrected chi connectivity index (χ1v) is 8.34. The van der Waals surface area contributed by atoms with E-state index in [0.717, 1.165) is 12.0 Å². The molecule has 2 fully saturated rings. The van der Waals surface area contributed by atoms with Gasteiger partial charge in [0.1, 0.15) is 0 Å². The van der Waals surface area contributed by atoms with Crippen molar-refractivity contribution in [1.29, 1.82) is 0 Å². The average Bonchev–Trinajstić information content (AvgIpc) is 2.88. The second-order valence-corrected chi connectivity index (χ2v) is 6.61. The van der Waals surface area contributed by atoms with Crippen LogP contribution in [0, 0.1) is 5.92 Å². The van der Waals surface area contributed by atoms with Gasteiger partial charge in [0, 0.05) is 25.2 Å². The molecule has 3 nitrogen and oxygen atoms in total. The molecule has 0 aromatic heterocycles. The van der Waals surface area contributed by atoms with E-state index in [1.165, 1.54) is 64.7 Å². The van der Waals surface area contributed by atoms with Crippen LogP contribution in [0.15, 0.2) is 0 Å². The molecule has 1 N–H and O–H groups in total. The Morgan fingerprint density at radius 2 is 1.89 bits per heavy atom. The van der Waals surface area contributed by atoms with Crippen LogP contribution in [-0.4, -0.2) is 62.2 Å². The first-order chi connectivity index (χ1) is 9.24. The van der Waals surface area contributed by atoms with Gasteiger partial charge in [-0.1, -0.05) is 19.8 Å². The van der Waals surface area contributed by atoms with Crippen molar-refractivity contribution in [2.45, 2.75) is 57.5 Å². The Kier molecular flexibility index (Phi) is 6.11. The van der Waals surface area contributed by atoms with E-state index in [4.69, 9.17) is 0 Å². The molecular formula is C16H33N3. The van der Waals surface area contributed by atoms with Crippen molar-refractivity contribution in [3.05, 3.63) is 0 Å². The van der Waals surface area contributed by atoms with Crippen LogP contribution in [-0.2, 0) is 0 Å². The summed E-state index contributed by atoms with van der Waals surface area (Å²) in [6.45, 7) is 7.40.